The van der Waals surface area contributed by atoms with Crippen molar-refractivity contribution >= 4 is 21.4 Å². The lowest BCUT2D eigenvalue weighted by atomic mass is 10.2. The lowest BCUT2D eigenvalue weighted by Gasteiger charge is -2.04. The largest absolute Gasteiger partial charge is 0.329 e. The summed E-state index contributed by atoms with van der Waals surface area (Å²) in [6.45, 7) is 1.90. The molecule has 14 heavy (non-hydrogen) atoms. The Labute approximate surface area is 88.8 Å². The van der Waals surface area contributed by atoms with E-state index in [1.807, 2.05) is 0 Å². The van der Waals surface area contributed by atoms with E-state index in [1.165, 1.54) is 6.07 Å². The molecular formula is C9H12ClNO2S. The van der Waals surface area contributed by atoms with Crippen molar-refractivity contribution in [1.82, 2.24) is 0 Å². The predicted octanol–water partition coefficient (Wildman–Crippen LogP) is 1.38. The number of aryl methyl sites for hydroxylation is 1. The molecule has 0 unspecified atom stereocenters. The lowest BCUT2D eigenvalue weighted by Crippen LogP contribution is -2.15. The highest BCUT2D eigenvalue weighted by Crippen LogP contribution is 2.19. The minimum absolute atomic E-state index is 0.0337. The summed E-state index contributed by atoms with van der Waals surface area (Å²) in [5, 5.41) is 0.566. The Bertz CT molecular complexity index is 428. The molecule has 1 aromatic carbocycles. The molecule has 0 saturated heterocycles. The Hall–Kier alpha value is -0.580. The van der Waals surface area contributed by atoms with Gasteiger partial charge in [-0.05, 0) is 30.7 Å². The van der Waals surface area contributed by atoms with Crippen LogP contribution < -0.4 is 5.73 Å². The fraction of sp³-hybridized carbons (Fsp3) is 0.333. The van der Waals surface area contributed by atoms with Gasteiger partial charge in [-0.1, -0.05) is 11.6 Å². The molecule has 0 aliphatic heterocycles. The zero-order valence-corrected chi connectivity index (χ0v) is 9.40. The second kappa shape index (κ2) is 4.29. The van der Waals surface area contributed by atoms with Crippen molar-refractivity contribution in [3.8, 4) is 0 Å². The van der Waals surface area contributed by atoms with E-state index < -0.39 is 9.84 Å². The molecule has 2 N–H and O–H groups in total. The average Bonchev–Trinajstić information content (AvgIpc) is 2.09. The summed E-state index contributed by atoms with van der Waals surface area (Å²) in [5.41, 5.74) is 5.97. The number of halogens is 1. The molecule has 0 bridgehead atoms. The Morgan fingerprint density at radius 1 is 1.43 bits per heavy atom. The molecule has 78 valence electrons. The average molecular weight is 234 g/mol. The predicted molar refractivity (Wildman–Crippen MR) is 57.3 cm³/mol. The van der Waals surface area contributed by atoms with Crippen LogP contribution in [0.15, 0.2) is 23.1 Å². The molecule has 1 aromatic rings. The van der Waals surface area contributed by atoms with Crippen LogP contribution in [-0.4, -0.2) is 20.7 Å². The summed E-state index contributed by atoms with van der Waals surface area (Å²) < 4.78 is 23.1. The van der Waals surface area contributed by atoms with E-state index in [1.54, 1.807) is 19.1 Å². The summed E-state index contributed by atoms with van der Waals surface area (Å²) in [6, 6.07) is 4.65. The van der Waals surface area contributed by atoms with Gasteiger partial charge in [0.2, 0.25) is 0 Å². The van der Waals surface area contributed by atoms with Gasteiger partial charge in [0.25, 0.3) is 0 Å². The topological polar surface area (TPSA) is 60.2 Å². The van der Waals surface area contributed by atoms with Crippen molar-refractivity contribution in [3.05, 3.63) is 28.8 Å². The van der Waals surface area contributed by atoms with Gasteiger partial charge in [-0.15, -0.1) is 0 Å². The van der Waals surface area contributed by atoms with Crippen LogP contribution in [0, 0.1) is 6.92 Å². The van der Waals surface area contributed by atoms with Gasteiger partial charge in [0.15, 0.2) is 9.84 Å². The zero-order chi connectivity index (χ0) is 10.8. The summed E-state index contributed by atoms with van der Waals surface area (Å²) in [7, 11) is -3.23. The maximum absolute atomic E-state index is 11.6. The van der Waals surface area contributed by atoms with Crippen LogP contribution in [-0.2, 0) is 9.84 Å². The molecule has 0 aliphatic rings. The molecule has 0 fully saturated rings. The number of rotatable bonds is 3. The summed E-state index contributed by atoms with van der Waals surface area (Å²) in [4.78, 5) is 0.282. The van der Waals surface area contributed by atoms with Gasteiger partial charge in [0, 0.05) is 11.6 Å². The van der Waals surface area contributed by atoms with Crippen LogP contribution >= 0.6 is 11.6 Å². The zero-order valence-electron chi connectivity index (χ0n) is 7.83. The second-order valence-corrected chi connectivity index (χ2v) is 5.53. The number of hydrogen-bond donors (Lipinski definition) is 1. The Kier molecular flexibility index (Phi) is 3.53. The van der Waals surface area contributed by atoms with Gasteiger partial charge in [0.05, 0.1) is 10.6 Å². The van der Waals surface area contributed by atoms with Gasteiger partial charge in [-0.25, -0.2) is 8.42 Å². The molecule has 0 saturated carbocycles. The van der Waals surface area contributed by atoms with E-state index in [-0.39, 0.29) is 17.2 Å². The summed E-state index contributed by atoms with van der Waals surface area (Å²) in [5.74, 6) is -0.0337. The van der Waals surface area contributed by atoms with Gasteiger partial charge < -0.3 is 5.73 Å². The molecule has 0 aliphatic carbocycles. The molecule has 3 nitrogen and oxygen atoms in total. The van der Waals surface area contributed by atoms with Crippen molar-refractivity contribution in [2.45, 2.75) is 11.8 Å². The van der Waals surface area contributed by atoms with E-state index in [9.17, 15) is 8.42 Å². The molecule has 0 amide bonds. The van der Waals surface area contributed by atoms with E-state index in [0.717, 1.165) is 5.56 Å². The Morgan fingerprint density at radius 3 is 2.57 bits per heavy atom. The maximum Gasteiger partial charge on any atom is 0.179 e. The molecule has 0 atom stereocenters. The van der Waals surface area contributed by atoms with Crippen molar-refractivity contribution in [3.63, 3.8) is 0 Å². The number of sulfone groups is 1. The third-order valence-electron chi connectivity index (χ3n) is 1.88. The fourth-order valence-corrected chi connectivity index (χ4v) is 2.38. The first-order valence-corrected chi connectivity index (χ1v) is 6.19. The third-order valence-corrected chi connectivity index (χ3v) is 4.04. The highest BCUT2D eigenvalue weighted by molar-refractivity contribution is 7.91. The van der Waals surface area contributed by atoms with Crippen LogP contribution in [0.25, 0.3) is 0 Å². The number of hydrogen-bond acceptors (Lipinski definition) is 3. The van der Waals surface area contributed by atoms with Crippen molar-refractivity contribution in [2.24, 2.45) is 5.73 Å². The van der Waals surface area contributed by atoms with Crippen LogP contribution in [0.1, 0.15) is 5.56 Å². The minimum atomic E-state index is -3.23. The molecule has 0 spiro atoms. The van der Waals surface area contributed by atoms with Crippen LogP contribution in [0.5, 0.6) is 0 Å². The maximum atomic E-state index is 11.6. The molecule has 0 aromatic heterocycles. The highest BCUT2D eigenvalue weighted by Gasteiger charge is 2.13. The van der Waals surface area contributed by atoms with Gasteiger partial charge >= 0.3 is 0 Å². The monoisotopic (exact) mass is 233 g/mol. The quantitative estimate of drug-likeness (QED) is 0.858. The van der Waals surface area contributed by atoms with Crippen molar-refractivity contribution in [1.29, 1.82) is 0 Å². The summed E-state index contributed by atoms with van der Waals surface area (Å²) in [6.07, 6.45) is 0. The van der Waals surface area contributed by atoms with Crippen LogP contribution in [0.2, 0.25) is 5.02 Å². The molecule has 0 radical (unpaired) electrons. The molecular weight excluding hydrogens is 222 g/mol. The van der Waals surface area contributed by atoms with E-state index in [4.69, 9.17) is 17.3 Å². The third kappa shape index (κ3) is 2.47. The molecule has 1 rings (SSSR count). The van der Waals surface area contributed by atoms with Crippen molar-refractivity contribution in [2.75, 3.05) is 12.3 Å². The first-order chi connectivity index (χ1) is 6.47. The first-order valence-electron chi connectivity index (χ1n) is 4.16. The highest BCUT2D eigenvalue weighted by atomic mass is 35.5. The van der Waals surface area contributed by atoms with E-state index in [0.29, 0.717) is 5.02 Å². The number of nitrogens with two attached hydrogens (primary N) is 1. The van der Waals surface area contributed by atoms with Gasteiger partial charge in [-0.2, -0.15) is 0 Å². The second-order valence-electron chi connectivity index (χ2n) is 3.02. The Balaban J connectivity index is 3.15. The smallest absolute Gasteiger partial charge is 0.179 e. The van der Waals surface area contributed by atoms with E-state index in [2.05, 4.69) is 0 Å². The van der Waals surface area contributed by atoms with Gasteiger partial charge in [0.1, 0.15) is 0 Å². The first kappa shape index (κ1) is 11.5. The normalized spacial score (nSPS) is 11.6. The molecule has 0 heterocycles. The SMILES string of the molecule is Cc1cc(S(=O)(=O)CCN)ccc1Cl. The Morgan fingerprint density at radius 2 is 2.07 bits per heavy atom. The van der Waals surface area contributed by atoms with Crippen LogP contribution in [0.4, 0.5) is 0 Å². The summed E-state index contributed by atoms with van der Waals surface area (Å²) >= 11 is 5.79. The molecule has 5 heteroatoms. The number of benzene rings is 1. The van der Waals surface area contributed by atoms with Gasteiger partial charge in [-0.3, -0.25) is 0 Å². The van der Waals surface area contributed by atoms with E-state index >= 15 is 0 Å². The minimum Gasteiger partial charge on any atom is -0.329 e. The fourth-order valence-electron chi connectivity index (χ4n) is 1.08. The van der Waals surface area contributed by atoms with Crippen LogP contribution in [0.3, 0.4) is 0 Å². The lowest BCUT2D eigenvalue weighted by molar-refractivity contribution is 0.596. The standard InChI is InChI=1S/C9H12ClNO2S/c1-7-6-8(2-3-9(7)10)14(12,13)5-4-11/h2-3,6H,4-5,11H2,1H3. The van der Waals surface area contributed by atoms with Crippen molar-refractivity contribution < 1.29 is 8.42 Å².